The van der Waals surface area contributed by atoms with Crippen LogP contribution in [0.2, 0.25) is 0 Å². The lowest BCUT2D eigenvalue weighted by atomic mass is 10.1. The maximum absolute atomic E-state index is 12.8. The molecule has 2 saturated heterocycles. The van der Waals surface area contributed by atoms with Gasteiger partial charge in [0.25, 0.3) is 0 Å². The molecule has 1 amide bonds. The van der Waals surface area contributed by atoms with Crippen LogP contribution in [0.15, 0.2) is 47.7 Å². The number of carbonyl (C=O) groups is 1. The molecule has 0 aliphatic carbocycles. The van der Waals surface area contributed by atoms with Gasteiger partial charge >= 0.3 is 0 Å². The molecule has 2 aliphatic rings. The van der Waals surface area contributed by atoms with Gasteiger partial charge in [-0.3, -0.25) is 19.4 Å². The second-order valence-electron chi connectivity index (χ2n) is 7.94. The topological polar surface area (TPSA) is 69.0 Å². The maximum atomic E-state index is 12.8. The zero-order chi connectivity index (χ0) is 20.9. The van der Waals surface area contributed by atoms with Crippen molar-refractivity contribution in [2.75, 3.05) is 51.2 Å². The van der Waals surface area contributed by atoms with E-state index in [0.717, 1.165) is 37.8 Å². The molecule has 2 aliphatic heterocycles. The third kappa shape index (κ3) is 4.48. The lowest BCUT2D eigenvalue weighted by Gasteiger charge is -2.36. The van der Waals surface area contributed by atoms with Crippen molar-refractivity contribution in [1.29, 1.82) is 0 Å². The van der Waals surface area contributed by atoms with Crippen molar-refractivity contribution in [2.24, 2.45) is 12.0 Å². The van der Waals surface area contributed by atoms with Gasteiger partial charge in [0.15, 0.2) is 5.96 Å². The summed E-state index contributed by atoms with van der Waals surface area (Å²) in [7, 11) is 3.65. The molecule has 3 heterocycles. The zero-order valence-electron chi connectivity index (χ0n) is 17.9. The van der Waals surface area contributed by atoms with Crippen molar-refractivity contribution in [2.45, 2.75) is 18.9 Å². The van der Waals surface area contributed by atoms with Gasteiger partial charge in [-0.2, -0.15) is 5.10 Å². The highest BCUT2D eigenvalue weighted by Gasteiger charge is 2.29. The number of carbonyl (C=O) groups excluding carboxylic acids is 1. The summed E-state index contributed by atoms with van der Waals surface area (Å²) in [5, 5.41) is 7.72. The predicted molar refractivity (Wildman–Crippen MR) is 118 cm³/mol. The molecule has 1 aromatic carbocycles. The normalized spacial score (nSPS) is 19.4. The number of nitrogens with one attached hydrogen (secondary N) is 1. The SMILES string of the molecule is CN=C(NCC(c1ccccc1)N1CCCC1)N1CCN(c2cnn(C)c2)C(=O)C1. The van der Waals surface area contributed by atoms with Crippen LogP contribution in [0.4, 0.5) is 5.69 Å². The molecule has 30 heavy (non-hydrogen) atoms. The monoisotopic (exact) mass is 409 g/mol. The third-order valence-electron chi connectivity index (χ3n) is 5.95. The molecule has 0 spiro atoms. The summed E-state index contributed by atoms with van der Waals surface area (Å²) in [6.45, 7) is 4.70. The fourth-order valence-electron chi connectivity index (χ4n) is 4.38. The van der Waals surface area contributed by atoms with Crippen LogP contribution in [0.1, 0.15) is 24.4 Å². The Hall–Kier alpha value is -2.87. The molecule has 8 heteroatoms. The van der Waals surface area contributed by atoms with Crippen LogP contribution in [0.3, 0.4) is 0 Å². The molecule has 2 aromatic rings. The standard InChI is InChI=1S/C22H31N7O/c1-23-22(28-12-13-29(21(30)17-28)19-14-25-26(2)16-19)24-15-20(27-10-6-7-11-27)18-8-4-3-5-9-18/h3-5,8-9,14,16,20H,6-7,10-13,15,17H2,1-2H3,(H,23,24). The molecule has 160 valence electrons. The first-order valence-corrected chi connectivity index (χ1v) is 10.7. The fraction of sp³-hybridized carbons (Fsp3) is 0.500. The summed E-state index contributed by atoms with van der Waals surface area (Å²) >= 11 is 0. The van der Waals surface area contributed by atoms with Gasteiger partial charge in [0.1, 0.15) is 6.54 Å². The Bertz CT molecular complexity index is 873. The quantitative estimate of drug-likeness (QED) is 0.599. The van der Waals surface area contributed by atoms with Crippen LogP contribution in [0.5, 0.6) is 0 Å². The van der Waals surface area contributed by atoms with Crippen LogP contribution >= 0.6 is 0 Å². The molecule has 8 nitrogen and oxygen atoms in total. The van der Waals surface area contributed by atoms with Crippen LogP contribution in [0, 0.1) is 0 Å². The largest absolute Gasteiger partial charge is 0.354 e. The summed E-state index contributed by atoms with van der Waals surface area (Å²) < 4.78 is 1.72. The molecule has 1 N–H and O–H groups in total. The van der Waals surface area contributed by atoms with E-state index in [4.69, 9.17) is 0 Å². The molecule has 1 unspecified atom stereocenters. The van der Waals surface area contributed by atoms with Crippen LogP contribution in [-0.4, -0.2) is 77.8 Å². The molecule has 1 atom stereocenters. The lowest BCUT2D eigenvalue weighted by Crippen LogP contribution is -2.56. The second kappa shape index (κ2) is 9.30. The number of aryl methyl sites for hydroxylation is 1. The minimum atomic E-state index is 0.0661. The van der Waals surface area contributed by atoms with Crippen molar-refractivity contribution in [3.8, 4) is 0 Å². The highest BCUT2D eigenvalue weighted by molar-refractivity contribution is 5.98. The van der Waals surface area contributed by atoms with E-state index in [2.05, 4.69) is 50.6 Å². The van der Waals surface area contributed by atoms with Crippen molar-refractivity contribution in [3.63, 3.8) is 0 Å². The maximum Gasteiger partial charge on any atom is 0.246 e. The minimum absolute atomic E-state index is 0.0661. The average molecular weight is 410 g/mol. The van der Waals surface area contributed by atoms with Gasteiger partial charge in [0, 0.05) is 39.9 Å². The van der Waals surface area contributed by atoms with E-state index in [1.807, 2.05) is 18.1 Å². The first kappa shape index (κ1) is 20.4. The van der Waals surface area contributed by atoms with Crippen molar-refractivity contribution in [3.05, 3.63) is 48.3 Å². The molecular formula is C22H31N7O. The van der Waals surface area contributed by atoms with Crippen molar-refractivity contribution < 1.29 is 4.79 Å². The van der Waals surface area contributed by atoms with Crippen molar-refractivity contribution >= 4 is 17.6 Å². The summed E-state index contributed by atoms with van der Waals surface area (Å²) in [6.07, 6.45) is 6.12. The number of piperazine rings is 1. The number of hydrogen-bond donors (Lipinski definition) is 1. The van der Waals surface area contributed by atoms with Crippen LogP contribution < -0.4 is 10.2 Å². The molecule has 0 saturated carbocycles. The Balaban J connectivity index is 1.40. The van der Waals surface area contributed by atoms with E-state index in [9.17, 15) is 4.79 Å². The van der Waals surface area contributed by atoms with E-state index >= 15 is 0 Å². The molecule has 4 rings (SSSR count). The summed E-state index contributed by atoms with van der Waals surface area (Å²) in [5.41, 5.74) is 2.17. The number of hydrogen-bond acceptors (Lipinski definition) is 4. The van der Waals surface area contributed by atoms with E-state index in [-0.39, 0.29) is 5.91 Å². The Morgan fingerprint density at radius 2 is 1.93 bits per heavy atom. The van der Waals surface area contributed by atoms with Crippen LogP contribution in [0.25, 0.3) is 0 Å². The number of rotatable bonds is 5. The Labute approximate surface area is 178 Å². The van der Waals surface area contributed by atoms with Gasteiger partial charge < -0.3 is 15.1 Å². The van der Waals surface area contributed by atoms with Gasteiger partial charge in [-0.05, 0) is 31.5 Å². The summed E-state index contributed by atoms with van der Waals surface area (Å²) in [6, 6.07) is 11.0. The number of aliphatic imine (C=N–C) groups is 1. The van der Waals surface area contributed by atoms with Gasteiger partial charge in [0.2, 0.25) is 5.91 Å². The van der Waals surface area contributed by atoms with E-state index in [1.54, 1.807) is 22.8 Å². The minimum Gasteiger partial charge on any atom is -0.354 e. The Morgan fingerprint density at radius 1 is 1.17 bits per heavy atom. The van der Waals surface area contributed by atoms with Gasteiger partial charge in [-0.15, -0.1) is 0 Å². The number of nitrogens with zero attached hydrogens (tertiary/aromatic N) is 6. The molecule has 1 aromatic heterocycles. The average Bonchev–Trinajstić information content (AvgIpc) is 3.44. The van der Waals surface area contributed by atoms with Crippen molar-refractivity contribution in [1.82, 2.24) is 24.9 Å². The third-order valence-corrected chi connectivity index (χ3v) is 5.95. The molecule has 0 bridgehead atoms. The van der Waals surface area contributed by atoms with E-state index < -0.39 is 0 Å². The highest BCUT2D eigenvalue weighted by Crippen LogP contribution is 2.24. The van der Waals surface area contributed by atoms with E-state index in [0.29, 0.717) is 19.1 Å². The molecule has 0 radical (unpaired) electrons. The number of anilines is 1. The molecule has 2 fully saturated rings. The van der Waals surface area contributed by atoms with Crippen LogP contribution in [-0.2, 0) is 11.8 Å². The zero-order valence-corrected chi connectivity index (χ0v) is 17.9. The molecular weight excluding hydrogens is 378 g/mol. The van der Waals surface area contributed by atoms with Gasteiger partial charge in [-0.25, -0.2) is 0 Å². The van der Waals surface area contributed by atoms with E-state index in [1.165, 1.54) is 18.4 Å². The number of aromatic nitrogens is 2. The fourth-order valence-corrected chi connectivity index (χ4v) is 4.38. The Morgan fingerprint density at radius 3 is 2.57 bits per heavy atom. The van der Waals surface area contributed by atoms with Gasteiger partial charge in [0.05, 0.1) is 17.9 Å². The number of guanidine groups is 1. The lowest BCUT2D eigenvalue weighted by molar-refractivity contribution is -0.120. The number of amides is 1. The first-order valence-electron chi connectivity index (χ1n) is 10.7. The summed E-state index contributed by atoms with van der Waals surface area (Å²) in [4.78, 5) is 23.6. The summed E-state index contributed by atoms with van der Waals surface area (Å²) in [5.74, 6) is 0.852. The predicted octanol–water partition coefficient (Wildman–Crippen LogP) is 1.48. The number of likely N-dealkylation sites (tertiary alicyclic amines) is 1. The van der Waals surface area contributed by atoms with Gasteiger partial charge in [-0.1, -0.05) is 30.3 Å². The Kier molecular flexibility index (Phi) is 6.32. The highest BCUT2D eigenvalue weighted by atomic mass is 16.2. The number of benzene rings is 1. The first-order chi connectivity index (χ1) is 14.7. The smallest absolute Gasteiger partial charge is 0.246 e. The second-order valence-corrected chi connectivity index (χ2v) is 7.94.